The molecule has 0 aromatic heterocycles. The number of Topliss-reactive ketones (excluding diaryl/α,β-unsaturated/α-hetero) is 1. The van der Waals surface area contributed by atoms with E-state index < -0.39 is 6.30 Å². The summed E-state index contributed by atoms with van der Waals surface area (Å²) in [5.74, 6) is -0.253. The number of ketones is 1. The highest BCUT2D eigenvalue weighted by Crippen LogP contribution is 2.08. The molecule has 0 radical (unpaired) electrons. The fourth-order valence-corrected chi connectivity index (χ4v) is 0.380. The second-order valence-corrected chi connectivity index (χ2v) is 1.88. The largest absolute Gasteiger partial charge is 0.457 e. The molecule has 0 aliphatic heterocycles. The fourth-order valence-electron chi connectivity index (χ4n) is 0.380. The highest BCUT2D eigenvalue weighted by Gasteiger charge is 2.25. The molecular formula is C5H8F3NO. The average Bonchev–Trinajstić information content (AvgIpc) is 1.59. The number of hydrogen-bond acceptors (Lipinski definition) is 2. The maximum Gasteiger partial charge on any atom is 0.457 e. The van der Waals surface area contributed by atoms with Crippen LogP contribution in [0.2, 0.25) is 0 Å². The third-order valence-corrected chi connectivity index (χ3v) is 0.803. The van der Waals surface area contributed by atoms with Gasteiger partial charge in [-0.15, -0.1) is 0 Å². The summed E-state index contributed by atoms with van der Waals surface area (Å²) in [5.41, 5.74) is 0. The van der Waals surface area contributed by atoms with E-state index >= 15 is 0 Å². The van der Waals surface area contributed by atoms with Crippen LogP contribution in [0.15, 0.2) is 0 Å². The number of rotatable bonds is 3. The molecule has 0 atom stereocenters. The van der Waals surface area contributed by atoms with Crippen LogP contribution >= 0.6 is 0 Å². The molecule has 0 unspecified atom stereocenters. The molecule has 0 fully saturated rings. The van der Waals surface area contributed by atoms with Gasteiger partial charge in [-0.2, -0.15) is 13.2 Å². The van der Waals surface area contributed by atoms with E-state index in [0.29, 0.717) is 0 Å². The first-order chi connectivity index (χ1) is 4.42. The van der Waals surface area contributed by atoms with Gasteiger partial charge in [-0.1, -0.05) is 0 Å². The van der Waals surface area contributed by atoms with Gasteiger partial charge in [0.25, 0.3) is 0 Å². The van der Waals surface area contributed by atoms with Gasteiger partial charge < -0.3 is 0 Å². The minimum Gasteiger partial charge on any atom is -0.300 e. The first-order valence-electron chi connectivity index (χ1n) is 2.73. The molecule has 10 heavy (non-hydrogen) atoms. The van der Waals surface area contributed by atoms with E-state index in [1.807, 2.05) is 0 Å². The standard InChI is InChI=1S/C5H8F3NO/c1-4(10)2-3-9-5(6,7)8/h9H,2-3H2,1H3. The maximum atomic E-state index is 11.3. The number of alkyl halides is 3. The summed E-state index contributed by atoms with van der Waals surface area (Å²) in [7, 11) is 0. The van der Waals surface area contributed by atoms with Crippen molar-refractivity contribution in [2.45, 2.75) is 19.6 Å². The molecule has 2 nitrogen and oxygen atoms in total. The second-order valence-electron chi connectivity index (χ2n) is 1.88. The summed E-state index contributed by atoms with van der Waals surface area (Å²) in [6.07, 6.45) is -4.45. The predicted octanol–water partition coefficient (Wildman–Crippen LogP) is 1.07. The lowest BCUT2D eigenvalue weighted by molar-refractivity contribution is -0.157. The van der Waals surface area contributed by atoms with E-state index in [-0.39, 0.29) is 18.7 Å². The quantitative estimate of drug-likeness (QED) is 0.618. The minimum absolute atomic E-state index is 0.0838. The van der Waals surface area contributed by atoms with Crippen molar-refractivity contribution in [3.05, 3.63) is 0 Å². The van der Waals surface area contributed by atoms with Crippen molar-refractivity contribution in [1.29, 1.82) is 0 Å². The smallest absolute Gasteiger partial charge is 0.300 e. The van der Waals surface area contributed by atoms with Crippen LogP contribution in [-0.2, 0) is 4.79 Å². The van der Waals surface area contributed by atoms with Crippen LogP contribution in [0.5, 0.6) is 0 Å². The Labute approximate surface area is 56.4 Å². The van der Waals surface area contributed by atoms with E-state index in [0.717, 1.165) is 0 Å². The lowest BCUT2D eigenvalue weighted by Crippen LogP contribution is -2.32. The molecule has 0 saturated heterocycles. The topological polar surface area (TPSA) is 29.1 Å². The Balaban J connectivity index is 3.29. The first kappa shape index (κ1) is 9.42. The van der Waals surface area contributed by atoms with Crippen LogP contribution in [0, 0.1) is 0 Å². The Morgan fingerprint density at radius 2 is 2.00 bits per heavy atom. The molecule has 60 valence electrons. The van der Waals surface area contributed by atoms with Crippen molar-refractivity contribution in [2.75, 3.05) is 6.54 Å². The lowest BCUT2D eigenvalue weighted by Gasteiger charge is -2.05. The minimum atomic E-state index is -4.37. The molecule has 0 rings (SSSR count). The summed E-state index contributed by atoms with van der Waals surface area (Å²) in [6.45, 7) is 0.914. The Bertz CT molecular complexity index is 121. The van der Waals surface area contributed by atoms with E-state index in [2.05, 4.69) is 0 Å². The molecule has 0 saturated carbocycles. The Morgan fingerprint density at radius 3 is 2.30 bits per heavy atom. The van der Waals surface area contributed by atoms with Crippen LogP contribution in [0.1, 0.15) is 13.3 Å². The van der Waals surface area contributed by atoms with E-state index in [1.165, 1.54) is 12.2 Å². The Hall–Kier alpha value is -0.580. The van der Waals surface area contributed by atoms with Gasteiger partial charge in [-0.25, -0.2) is 5.32 Å². The van der Waals surface area contributed by atoms with E-state index in [1.54, 1.807) is 0 Å². The van der Waals surface area contributed by atoms with E-state index in [4.69, 9.17) is 0 Å². The van der Waals surface area contributed by atoms with Crippen LogP contribution in [0.25, 0.3) is 0 Å². The van der Waals surface area contributed by atoms with Crippen LogP contribution in [0.4, 0.5) is 13.2 Å². The highest BCUT2D eigenvalue weighted by molar-refractivity contribution is 5.75. The normalized spacial score (nSPS) is 11.6. The number of halogens is 3. The van der Waals surface area contributed by atoms with Gasteiger partial charge >= 0.3 is 6.30 Å². The van der Waals surface area contributed by atoms with E-state index in [9.17, 15) is 18.0 Å². The molecule has 0 amide bonds. The number of nitrogens with one attached hydrogen (secondary N) is 1. The molecule has 0 aromatic carbocycles. The Morgan fingerprint density at radius 1 is 1.50 bits per heavy atom. The molecular weight excluding hydrogens is 147 g/mol. The molecule has 0 heterocycles. The Kier molecular flexibility index (Phi) is 3.35. The van der Waals surface area contributed by atoms with Gasteiger partial charge in [0.15, 0.2) is 0 Å². The average molecular weight is 155 g/mol. The monoisotopic (exact) mass is 155 g/mol. The van der Waals surface area contributed by atoms with Gasteiger partial charge in [0.05, 0.1) is 0 Å². The number of carbonyl (C=O) groups excluding carboxylic acids is 1. The SMILES string of the molecule is CC(=O)CCNC(F)(F)F. The van der Waals surface area contributed by atoms with Crippen LogP contribution in [-0.4, -0.2) is 18.6 Å². The molecule has 0 aliphatic carbocycles. The van der Waals surface area contributed by atoms with Gasteiger partial charge in [0, 0.05) is 13.0 Å². The van der Waals surface area contributed by atoms with Gasteiger partial charge in [0.2, 0.25) is 0 Å². The summed E-state index contributed by atoms with van der Waals surface area (Å²) >= 11 is 0. The van der Waals surface area contributed by atoms with Crippen molar-refractivity contribution < 1.29 is 18.0 Å². The molecule has 5 heteroatoms. The van der Waals surface area contributed by atoms with Crippen molar-refractivity contribution >= 4 is 5.78 Å². The highest BCUT2D eigenvalue weighted by atomic mass is 19.4. The number of hydrogen-bond donors (Lipinski definition) is 1. The summed E-state index contributed by atoms with van der Waals surface area (Å²) in [5, 5.41) is 1.23. The number of carbonyl (C=O) groups is 1. The third-order valence-electron chi connectivity index (χ3n) is 0.803. The molecule has 0 spiro atoms. The molecule has 1 N–H and O–H groups in total. The third kappa shape index (κ3) is 7.42. The molecule has 0 aromatic rings. The summed E-state index contributed by atoms with van der Waals surface area (Å²) in [4.78, 5) is 10.1. The van der Waals surface area contributed by atoms with Crippen LogP contribution < -0.4 is 5.32 Å². The van der Waals surface area contributed by atoms with Crippen molar-refractivity contribution in [1.82, 2.24) is 5.32 Å². The zero-order chi connectivity index (χ0) is 8.20. The fraction of sp³-hybridized carbons (Fsp3) is 0.800. The van der Waals surface area contributed by atoms with Gasteiger partial charge in [0.1, 0.15) is 5.78 Å². The zero-order valence-corrected chi connectivity index (χ0v) is 5.46. The molecule has 0 aliphatic rings. The maximum absolute atomic E-state index is 11.3. The summed E-state index contributed by atoms with van der Waals surface area (Å²) in [6, 6.07) is 0. The van der Waals surface area contributed by atoms with Crippen molar-refractivity contribution in [3.63, 3.8) is 0 Å². The van der Waals surface area contributed by atoms with Gasteiger partial charge in [-0.05, 0) is 6.92 Å². The van der Waals surface area contributed by atoms with Crippen LogP contribution in [0.3, 0.4) is 0 Å². The van der Waals surface area contributed by atoms with Crippen molar-refractivity contribution in [3.8, 4) is 0 Å². The van der Waals surface area contributed by atoms with Crippen molar-refractivity contribution in [2.24, 2.45) is 0 Å². The lowest BCUT2D eigenvalue weighted by atomic mass is 10.3. The second kappa shape index (κ2) is 3.55. The first-order valence-corrected chi connectivity index (χ1v) is 2.73. The summed E-state index contributed by atoms with van der Waals surface area (Å²) < 4.78 is 33.9. The predicted molar refractivity (Wildman–Crippen MR) is 29.4 cm³/mol. The van der Waals surface area contributed by atoms with Gasteiger partial charge in [-0.3, -0.25) is 4.79 Å². The molecule has 0 bridgehead atoms. The zero-order valence-electron chi connectivity index (χ0n) is 5.46.